The van der Waals surface area contributed by atoms with Crippen LogP contribution in [0.3, 0.4) is 0 Å². The second kappa shape index (κ2) is 3.96. The van der Waals surface area contributed by atoms with Crippen molar-refractivity contribution in [3.8, 4) is 5.75 Å². The lowest BCUT2D eigenvalue weighted by atomic mass is 9.95. The van der Waals surface area contributed by atoms with Crippen molar-refractivity contribution >= 4 is 0 Å². The summed E-state index contributed by atoms with van der Waals surface area (Å²) >= 11 is 0. The Hall–Kier alpha value is -1.09. The number of phenolic OH excluding ortho intramolecular Hbond substituents is 1. The lowest BCUT2D eigenvalue weighted by Crippen LogP contribution is -2.17. The van der Waals surface area contributed by atoms with E-state index in [1.165, 1.54) is 6.07 Å². The molecule has 1 unspecified atom stereocenters. The molecule has 14 heavy (non-hydrogen) atoms. The van der Waals surface area contributed by atoms with E-state index in [9.17, 15) is 9.50 Å². The molecule has 0 aromatic heterocycles. The summed E-state index contributed by atoms with van der Waals surface area (Å²) in [5, 5.41) is 9.49. The number of aromatic hydroxyl groups is 1. The molecule has 0 radical (unpaired) electrons. The minimum Gasteiger partial charge on any atom is -0.505 e. The zero-order valence-corrected chi connectivity index (χ0v) is 8.71. The van der Waals surface area contributed by atoms with Crippen LogP contribution in [-0.4, -0.2) is 5.11 Å². The smallest absolute Gasteiger partial charge is 0.165 e. The fourth-order valence-corrected chi connectivity index (χ4v) is 1.37. The number of phenols is 1. The van der Waals surface area contributed by atoms with E-state index >= 15 is 0 Å². The number of nitrogens with two attached hydrogens (primary N) is 1. The predicted molar refractivity (Wildman–Crippen MR) is 54.6 cm³/mol. The fourth-order valence-electron chi connectivity index (χ4n) is 1.37. The van der Waals surface area contributed by atoms with E-state index in [0.717, 1.165) is 5.56 Å². The van der Waals surface area contributed by atoms with Gasteiger partial charge in [0.2, 0.25) is 0 Å². The highest BCUT2D eigenvalue weighted by Crippen LogP contribution is 2.30. The summed E-state index contributed by atoms with van der Waals surface area (Å²) in [5.41, 5.74) is 7.10. The Morgan fingerprint density at radius 1 is 1.36 bits per heavy atom. The number of rotatable bonds is 2. The molecule has 0 aliphatic rings. The van der Waals surface area contributed by atoms with Crippen molar-refractivity contribution in [2.24, 2.45) is 11.7 Å². The first-order valence-corrected chi connectivity index (χ1v) is 4.68. The highest BCUT2D eigenvalue weighted by Gasteiger charge is 2.17. The fraction of sp³-hybridized carbons (Fsp3) is 0.455. The van der Waals surface area contributed by atoms with Crippen molar-refractivity contribution in [1.82, 2.24) is 0 Å². The van der Waals surface area contributed by atoms with Gasteiger partial charge in [0.15, 0.2) is 11.6 Å². The monoisotopic (exact) mass is 197 g/mol. The molecule has 0 amide bonds. The van der Waals surface area contributed by atoms with Crippen molar-refractivity contribution < 1.29 is 9.50 Å². The van der Waals surface area contributed by atoms with Crippen LogP contribution in [0.4, 0.5) is 4.39 Å². The van der Waals surface area contributed by atoms with Gasteiger partial charge < -0.3 is 10.8 Å². The van der Waals surface area contributed by atoms with E-state index in [2.05, 4.69) is 0 Å². The first kappa shape index (κ1) is 11.0. The molecule has 3 N–H and O–H groups in total. The predicted octanol–water partition coefficient (Wildman–Crippen LogP) is 2.50. The summed E-state index contributed by atoms with van der Waals surface area (Å²) in [4.78, 5) is 0. The Balaban J connectivity index is 3.20. The molecule has 0 aliphatic heterocycles. The van der Waals surface area contributed by atoms with Crippen molar-refractivity contribution in [3.05, 3.63) is 29.1 Å². The van der Waals surface area contributed by atoms with Gasteiger partial charge in [-0.1, -0.05) is 19.9 Å². The maximum atomic E-state index is 13.2. The molecule has 1 aromatic rings. The SMILES string of the molecule is Cc1cc(F)c(O)c(C(N)C(C)C)c1. The number of aryl methyl sites for hydroxylation is 1. The molecule has 0 saturated carbocycles. The van der Waals surface area contributed by atoms with Crippen LogP contribution in [0.2, 0.25) is 0 Å². The van der Waals surface area contributed by atoms with Gasteiger partial charge in [0, 0.05) is 11.6 Å². The summed E-state index contributed by atoms with van der Waals surface area (Å²) in [5.74, 6) is -0.755. The van der Waals surface area contributed by atoms with Crippen molar-refractivity contribution in [3.63, 3.8) is 0 Å². The summed E-state index contributed by atoms with van der Waals surface area (Å²) in [7, 11) is 0. The zero-order chi connectivity index (χ0) is 10.9. The second-order valence-corrected chi connectivity index (χ2v) is 3.95. The number of hydrogen-bond acceptors (Lipinski definition) is 2. The zero-order valence-electron chi connectivity index (χ0n) is 8.71. The topological polar surface area (TPSA) is 46.2 Å². The highest BCUT2D eigenvalue weighted by molar-refractivity contribution is 5.39. The van der Waals surface area contributed by atoms with E-state index in [1.807, 2.05) is 13.8 Å². The Labute approximate surface area is 83.6 Å². The molecule has 1 atom stereocenters. The number of benzene rings is 1. The number of halogens is 1. The molecular weight excluding hydrogens is 181 g/mol. The van der Waals surface area contributed by atoms with Gasteiger partial charge in [-0.25, -0.2) is 4.39 Å². The lowest BCUT2D eigenvalue weighted by molar-refractivity contribution is 0.407. The van der Waals surface area contributed by atoms with E-state index < -0.39 is 5.82 Å². The second-order valence-electron chi connectivity index (χ2n) is 3.95. The Morgan fingerprint density at radius 2 is 1.93 bits per heavy atom. The van der Waals surface area contributed by atoms with Crippen LogP contribution in [0.5, 0.6) is 5.75 Å². The van der Waals surface area contributed by atoms with Crippen molar-refractivity contribution in [2.45, 2.75) is 26.8 Å². The van der Waals surface area contributed by atoms with Gasteiger partial charge in [-0.3, -0.25) is 0 Å². The lowest BCUT2D eigenvalue weighted by Gasteiger charge is -2.18. The standard InChI is InChI=1S/C11H16FNO/c1-6(2)10(13)8-4-7(3)5-9(12)11(8)14/h4-6,10,14H,13H2,1-3H3. The third-order valence-electron chi connectivity index (χ3n) is 2.31. The summed E-state index contributed by atoms with van der Waals surface area (Å²) < 4.78 is 13.2. The van der Waals surface area contributed by atoms with Gasteiger partial charge in [-0.05, 0) is 24.5 Å². The molecule has 0 heterocycles. The summed E-state index contributed by atoms with van der Waals surface area (Å²) in [6.07, 6.45) is 0. The van der Waals surface area contributed by atoms with Crippen LogP contribution in [0.25, 0.3) is 0 Å². The molecule has 3 heteroatoms. The normalized spacial score (nSPS) is 13.3. The average molecular weight is 197 g/mol. The molecule has 2 nitrogen and oxygen atoms in total. The molecule has 0 fully saturated rings. The molecule has 0 saturated heterocycles. The highest BCUT2D eigenvalue weighted by atomic mass is 19.1. The van der Waals surface area contributed by atoms with Gasteiger partial charge >= 0.3 is 0 Å². The quantitative estimate of drug-likeness (QED) is 0.765. The molecular formula is C11H16FNO. The maximum absolute atomic E-state index is 13.2. The first-order valence-electron chi connectivity index (χ1n) is 4.68. The van der Waals surface area contributed by atoms with E-state index in [4.69, 9.17) is 5.73 Å². The van der Waals surface area contributed by atoms with E-state index in [-0.39, 0.29) is 17.7 Å². The van der Waals surface area contributed by atoms with Gasteiger partial charge in [0.25, 0.3) is 0 Å². The third-order valence-corrected chi connectivity index (χ3v) is 2.31. The van der Waals surface area contributed by atoms with Crippen LogP contribution in [0.15, 0.2) is 12.1 Å². The minimum atomic E-state index is -0.601. The van der Waals surface area contributed by atoms with Crippen molar-refractivity contribution in [1.29, 1.82) is 0 Å². The largest absolute Gasteiger partial charge is 0.505 e. The number of hydrogen-bond donors (Lipinski definition) is 2. The van der Waals surface area contributed by atoms with Crippen LogP contribution >= 0.6 is 0 Å². The average Bonchev–Trinajstić information content (AvgIpc) is 2.09. The Bertz CT molecular complexity index is 336. The van der Waals surface area contributed by atoms with Gasteiger partial charge in [0.1, 0.15) is 0 Å². The summed E-state index contributed by atoms with van der Waals surface area (Å²) in [6.45, 7) is 5.65. The van der Waals surface area contributed by atoms with Gasteiger partial charge in [-0.2, -0.15) is 0 Å². The molecule has 0 aliphatic carbocycles. The maximum Gasteiger partial charge on any atom is 0.165 e. The Morgan fingerprint density at radius 3 is 2.43 bits per heavy atom. The Kier molecular flexibility index (Phi) is 3.11. The van der Waals surface area contributed by atoms with Crippen LogP contribution in [-0.2, 0) is 0 Å². The van der Waals surface area contributed by atoms with Crippen LogP contribution in [0, 0.1) is 18.7 Å². The van der Waals surface area contributed by atoms with Crippen molar-refractivity contribution in [2.75, 3.05) is 0 Å². The molecule has 0 bridgehead atoms. The van der Waals surface area contributed by atoms with Crippen LogP contribution in [0.1, 0.15) is 31.0 Å². The summed E-state index contributed by atoms with van der Waals surface area (Å²) in [6, 6.07) is 2.69. The molecule has 1 aromatic carbocycles. The van der Waals surface area contributed by atoms with E-state index in [0.29, 0.717) is 5.56 Å². The van der Waals surface area contributed by atoms with Gasteiger partial charge in [0.05, 0.1) is 0 Å². The van der Waals surface area contributed by atoms with Crippen LogP contribution < -0.4 is 5.73 Å². The minimum absolute atomic E-state index is 0.169. The van der Waals surface area contributed by atoms with Gasteiger partial charge in [-0.15, -0.1) is 0 Å². The van der Waals surface area contributed by atoms with E-state index in [1.54, 1.807) is 13.0 Å². The third kappa shape index (κ3) is 2.04. The molecule has 1 rings (SSSR count). The molecule has 0 spiro atoms. The molecule has 78 valence electrons. The first-order chi connectivity index (χ1) is 6.43.